The first kappa shape index (κ1) is 17.6. The minimum absolute atomic E-state index is 0.103. The van der Waals surface area contributed by atoms with Gasteiger partial charge in [0.2, 0.25) is 0 Å². The van der Waals surface area contributed by atoms with Gasteiger partial charge in [0, 0.05) is 31.6 Å². The average molecular weight is 332 g/mol. The topological polar surface area (TPSA) is 51.2 Å². The first-order chi connectivity index (χ1) is 11.3. The van der Waals surface area contributed by atoms with E-state index < -0.39 is 0 Å². The second-order valence-electron chi connectivity index (χ2n) is 5.36. The molecule has 1 heterocycles. The molecule has 124 valence electrons. The third kappa shape index (κ3) is 6.50. The molecule has 0 aliphatic carbocycles. The van der Waals surface area contributed by atoms with Gasteiger partial charge in [0.1, 0.15) is 5.69 Å². The van der Waals surface area contributed by atoms with Gasteiger partial charge in [-0.3, -0.25) is 4.79 Å². The molecular formula is C18H24N2O2S. The standard InChI is InChI=1S/C18H24N2O2S/c1-2-3-11-22-12-7-10-19-18(21)16-14-23-17(20-16)13-15-8-5-4-6-9-15/h4-6,8-9,14H,2-3,7,10-13H2,1H3,(H,19,21). The molecule has 1 amide bonds. The Bertz CT molecular complexity index is 584. The van der Waals surface area contributed by atoms with Gasteiger partial charge in [0.25, 0.3) is 5.91 Å². The van der Waals surface area contributed by atoms with Crippen molar-refractivity contribution in [1.29, 1.82) is 0 Å². The fourth-order valence-corrected chi connectivity index (χ4v) is 2.89. The molecule has 1 aromatic carbocycles. The number of hydrogen-bond donors (Lipinski definition) is 1. The molecule has 0 fully saturated rings. The maximum atomic E-state index is 12.0. The van der Waals surface area contributed by atoms with E-state index in [1.807, 2.05) is 23.6 Å². The number of hydrogen-bond acceptors (Lipinski definition) is 4. The lowest BCUT2D eigenvalue weighted by Gasteiger charge is -2.04. The van der Waals surface area contributed by atoms with Crippen LogP contribution < -0.4 is 5.32 Å². The lowest BCUT2D eigenvalue weighted by atomic mass is 10.2. The molecule has 0 saturated heterocycles. The second kappa shape index (κ2) is 10.1. The third-order valence-corrected chi connectivity index (χ3v) is 4.22. The van der Waals surface area contributed by atoms with Crippen LogP contribution in [0.5, 0.6) is 0 Å². The average Bonchev–Trinajstić information content (AvgIpc) is 3.03. The van der Waals surface area contributed by atoms with Crippen molar-refractivity contribution in [2.75, 3.05) is 19.8 Å². The van der Waals surface area contributed by atoms with Gasteiger partial charge in [-0.15, -0.1) is 11.3 Å². The Morgan fingerprint density at radius 3 is 2.78 bits per heavy atom. The maximum absolute atomic E-state index is 12.0. The van der Waals surface area contributed by atoms with Crippen molar-refractivity contribution >= 4 is 17.2 Å². The number of thiazole rings is 1. The van der Waals surface area contributed by atoms with E-state index in [9.17, 15) is 4.79 Å². The summed E-state index contributed by atoms with van der Waals surface area (Å²) < 4.78 is 5.47. The van der Waals surface area contributed by atoms with Gasteiger partial charge >= 0.3 is 0 Å². The van der Waals surface area contributed by atoms with Gasteiger partial charge in [-0.2, -0.15) is 0 Å². The summed E-state index contributed by atoms with van der Waals surface area (Å²) in [7, 11) is 0. The second-order valence-corrected chi connectivity index (χ2v) is 6.31. The summed E-state index contributed by atoms with van der Waals surface area (Å²) in [5, 5.41) is 5.68. The van der Waals surface area contributed by atoms with Crippen LogP contribution in [0.1, 0.15) is 47.2 Å². The van der Waals surface area contributed by atoms with Crippen LogP contribution in [0, 0.1) is 0 Å². The molecule has 0 aliphatic rings. The minimum atomic E-state index is -0.103. The Morgan fingerprint density at radius 2 is 2.00 bits per heavy atom. The number of nitrogens with zero attached hydrogens (tertiary/aromatic N) is 1. The van der Waals surface area contributed by atoms with E-state index in [0.717, 1.165) is 37.3 Å². The van der Waals surface area contributed by atoms with Crippen molar-refractivity contribution in [3.05, 3.63) is 52.0 Å². The number of unbranched alkanes of at least 4 members (excludes halogenated alkanes) is 1. The Hall–Kier alpha value is -1.72. The molecule has 23 heavy (non-hydrogen) atoms. The highest BCUT2D eigenvalue weighted by Crippen LogP contribution is 2.14. The Balaban J connectivity index is 1.69. The SMILES string of the molecule is CCCCOCCCNC(=O)c1csc(Cc2ccccc2)n1. The van der Waals surface area contributed by atoms with Crippen LogP contribution in [0.15, 0.2) is 35.7 Å². The van der Waals surface area contributed by atoms with Crippen molar-refractivity contribution in [3.8, 4) is 0 Å². The highest BCUT2D eigenvalue weighted by Gasteiger charge is 2.10. The largest absolute Gasteiger partial charge is 0.381 e. The molecule has 5 heteroatoms. The van der Waals surface area contributed by atoms with Crippen molar-refractivity contribution in [3.63, 3.8) is 0 Å². The summed E-state index contributed by atoms with van der Waals surface area (Å²) in [5.41, 5.74) is 1.71. The summed E-state index contributed by atoms with van der Waals surface area (Å²) in [6.07, 6.45) is 3.84. The summed E-state index contributed by atoms with van der Waals surface area (Å²) in [4.78, 5) is 16.5. The predicted octanol–water partition coefficient (Wildman–Crippen LogP) is 3.67. The number of benzene rings is 1. The quantitative estimate of drug-likeness (QED) is 0.675. The van der Waals surface area contributed by atoms with Crippen molar-refractivity contribution < 1.29 is 9.53 Å². The van der Waals surface area contributed by atoms with Gasteiger partial charge in [-0.05, 0) is 18.4 Å². The highest BCUT2D eigenvalue weighted by molar-refractivity contribution is 7.09. The molecule has 2 aromatic rings. The maximum Gasteiger partial charge on any atom is 0.270 e. The fourth-order valence-electron chi connectivity index (χ4n) is 2.08. The predicted molar refractivity (Wildman–Crippen MR) is 94.0 cm³/mol. The number of rotatable bonds is 10. The Morgan fingerprint density at radius 1 is 1.22 bits per heavy atom. The van der Waals surface area contributed by atoms with Gasteiger partial charge in [0.05, 0.1) is 5.01 Å². The molecule has 1 N–H and O–H groups in total. The van der Waals surface area contributed by atoms with Crippen LogP contribution in [0.25, 0.3) is 0 Å². The number of carbonyl (C=O) groups is 1. The number of amides is 1. The number of ether oxygens (including phenoxy) is 1. The summed E-state index contributed by atoms with van der Waals surface area (Å²) >= 11 is 1.53. The first-order valence-corrected chi connectivity index (χ1v) is 9.02. The first-order valence-electron chi connectivity index (χ1n) is 8.14. The number of aromatic nitrogens is 1. The third-order valence-electron chi connectivity index (χ3n) is 3.38. The zero-order valence-electron chi connectivity index (χ0n) is 13.6. The summed E-state index contributed by atoms with van der Waals surface area (Å²) in [6.45, 7) is 4.26. The molecular weight excluding hydrogens is 308 g/mol. The van der Waals surface area contributed by atoms with E-state index in [1.54, 1.807) is 0 Å². The molecule has 0 aliphatic heterocycles. The van der Waals surface area contributed by atoms with E-state index in [-0.39, 0.29) is 5.91 Å². The van der Waals surface area contributed by atoms with Gasteiger partial charge < -0.3 is 10.1 Å². The smallest absolute Gasteiger partial charge is 0.270 e. The van der Waals surface area contributed by atoms with Gasteiger partial charge in [-0.25, -0.2) is 4.98 Å². The van der Waals surface area contributed by atoms with Crippen LogP contribution in [0.3, 0.4) is 0 Å². The molecule has 0 bridgehead atoms. The van der Waals surface area contributed by atoms with Crippen LogP contribution in [0.4, 0.5) is 0 Å². The Kier molecular flexibility index (Phi) is 7.77. The molecule has 0 saturated carbocycles. The van der Waals surface area contributed by atoms with Crippen LogP contribution in [-0.2, 0) is 11.2 Å². The summed E-state index contributed by atoms with van der Waals surface area (Å²) in [6, 6.07) is 10.2. The molecule has 0 spiro atoms. The minimum Gasteiger partial charge on any atom is -0.381 e. The normalized spacial score (nSPS) is 10.7. The molecule has 4 nitrogen and oxygen atoms in total. The lowest BCUT2D eigenvalue weighted by molar-refractivity contribution is 0.0936. The van der Waals surface area contributed by atoms with E-state index in [4.69, 9.17) is 4.74 Å². The van der Waals surface area contributed by atoms with Crippen molar-refractivity contribution in [1.82, 2.24) is 10.3 Å². The zero-order valence-corrected chi connectivity index (χ0v) is 14.4. The van der Waals surface area contributed by atoms with Crippen molar-refractivity contribution in [2.45, 2.75) is 32.6 Å². The molecule has 1 aromatic heterocycles. The Labute approximate surface area is 141 Å². The van der Waals surface area contributed by atoms with Crippen LogP contribution in [0.2, 0.25) is 0 Å². The van der Waals surface area contributed by atoms with E-state index in [1.165, 1.54) is 16.9 Å². The van der Waals surface area contributed by atoms with E-state index >= 15 is 0 Å². The lowest BCUT2D eigenvalue weighted by Crippen LogP contribution is -2.25. The number of nitrogens with one attached hydrogen (secondary N) is 1. The highest BCUT2D eigenvalue weighted by atomic mass is 32.1. The molecule has 0 unspecified atom stereocenters. The molecule has 2 rings (SSSR count). The van der Waals surface area contributed by atoms with E-state index in [0.29, 0.717) is 18.8 Å². The van der Waals surface area contributed by atoms with Gasteiger partial charge in [0.15, 0.2) is 0 Å². The van der Waals surface area contributed by atoms with E-state index in [2.05, 4.69) is 29.4 Å². The van der Waals surface area contributed by atoms with Crippen LogP contribution >= 0.6 is 11.3 Å². The monoisotopic (exact) mass is 332 g/mol. The zero-order chi connectivity index (χ0) is 16.3. The number of carbonyl (C=O) groups excluding carboxylic acids is 1. The van der Waals surface area contributed by atoms with Gasteiger partial charge in [-0.1, -0.05) is 43.7 Å². The molecule has 0 radical (unpaired) electrons. The fraction of sp³-hybridized carbons (Fsp3) is 0.444. The van der Waals surface area contributed by atoms with Crippen LogP contribution in [-0.4, -0.2) is 30.6 Å². The van der Waals surface area contributed by atoms with Crippen molar-refractivity contribution in [2.24, 2.45) is 0 Å². The summed E-state index contributed by atoms with van der Waals surface area (Å²) in [5.74, 6) is -0.103. The molecule has 0 atom stereocenters.